The number of nitrogens with zero attached hydrogens (tertiary/aromatic N) is 1. The Kier molecular flexibility index (Phi) is 3.53. The molecule has 2 N–H and O–H groups in total. The van der Waals surface area contributed by atoms with Crippen LogP contribution >= 0.6 is 0 Å². The van der Waals surface area contributed by atoms with Crippen LogP contribution in [0.4, 0.5) is 0 Å². The molecule has 1 unspecified atom stereocenters. The Bertz CT molecular complexity index is 134. The molecule has 0 bridgehead atoms. The average Bonchev–Trinajstić information content (AvgIpc) is 2.32. The Morgan fingerprint density at radius 2 is 2.17 bits per heavy atom. The van der Waals surface area contributed by atoms with Gasteiger partial charge in [-0.3, -0.25) is 4.90 Å². The normalized spacial score (nSPS) is 31.8. The predicted molar refractivity (Wildman–Crippen MR) is 53.0 cm³/mol. The summed E-state index contributed by atoms with van der Waals surface area (Å²) in [6.07, 6.45) is 1.36. The van der Waals surface area contributed by atoms with Gasteiger partial charge in [0.15, 0.2) is 0 Å². The van der Waals surface area contributed by atoms with E-state index in [1.54, 1.807) is 0 Å². The van der Waals surface area contributed by atoms with Gasteiger partial charge in [0.25, 0.3) is 0 Å². The third-order valence-corrected chi connectivity index (χ3v) is 2.84. The molecule has 12 heavy (non-hydrogen) atoms. The van der Waals surface area contributed by atoms with E-state index in [0.717, 1.165) is 31.0 Å². The molecule has 0 aromatic heterocycles. The molecule has 1 rings (SSSR count). The van der Waals surface area contributed by atoms with Crippen molar-refractivity contribution < 1.29 is 0 Å². The van der Waals surface area contributed by atoms with E-state index in [1.807, 2.05) is 0 Å². The van der Waals surface area contributed by atoms with Crippen LogP contribution in [-0.2, 0) is 0 Å². The first-order valence-corrected chi connectivity index (χ1v) is 5.09. The molecule has 2 nitrogen and oxygen atoms in total. The van der Waals surface area contributed by atoms with Crippen LogP contribution in [0.1, 0.15) is 27.2 Å². The summed E-state index contributed by atoms with van der Waals surface area (Å²) in [5, 5.41) is 0. The zero-order valence-corrected chi connectivity index (χ0v) is 8.59. The first kappa shape index (κ1) is 10.0. The molecule has 0 amide bonds. The van der Waals surface area contributed by atoms with Gasteiger partial charge in [-0.2, -0.15) is 0 Å². The number of nitrogens with two attached hydrogens (primary N) is 1. The standard InChI is InChI=1S/C10H22N2/c1-8(2)10-6-9(3)7-12(10)5-4-11/h8-10H,4-7,11H2,1-3H3/t9?,10-/m0/s1. The van der Waals surface area contributed by atoms with E-state index in [-0.39, 0.29) is 0 Å². The minimum atomic E-state index is 0.779. The second kappa shape index (κ2) is 4.24. The van der Waals surface area contributed by atoms with Gasteiger partial charge in [0, 0.05) is 25.7 Å². The molecule has 2 heteroatoms. The van der Waals surface area contributed by atoms with Crippen LogP contribution in [0.2, 0.25) is 0 Å². The van der Waals surface area contributed by atoms with Crippen molar-refractivity contribution in [2.45, 2.75) is 33.2 Å². The molecular formula is C10H22N2. The van der Waals surface area contributed by atoms with Gasteiger partial charge in [0.05, 0.1) is 0 Å². The van der Waals surface area contributed by atoms with Gasteiger partial charge < -0.3 is 5.73 Å². The van der Waals surface area contributed by atoms with Crippen LogP contribution in [0.25, 0.3) is 0 Å². The summed E-state index contributed by atoms with van der Waals surface area (Å²) >= 11 is 0. The van der Waals surface area contributed by atoms with E-state index in [9.17, 15) is 0 Å². The summed E-state index contributed by atoms with van der Waals surface area (Å²) in [6, 6.07) is 0.781. The van der Waals surface area contributed by atoms with E-state index in [0.29, 0.717) is 0 Å². The highest BCUT2D eigenvalue weighted by Crippen LogP contribution is 2.27. The van der Waals surface area contributed by atoms with Crippen LogP contribution < -0.4 is 5.73 Å². The van der Waals surface area contributed by atoms with Crippen molar-refractivity contribution in [1.29, 1.82) is 0 Å². The topological polar surface area (TPSA) is 29.3 Å². The number of likely N-dealkylation sites (tertiary alicyclic amines) is 1. The maximum atomic E-state index is 5.57. The molecule has 0 radical (unpaired) electrons. The lowest BCUT2D eigenvalue weighted by molar-refractivity contribution is 0.211. The van der Waals surface area contributed by atoms with Gasteiger partial charge in [-0.25, -0.2) is 0 Å². The van der Waals surface area contributed by atoms with Gasteiger partial charge in [-0.1, -0.05) is 20.8 Å². The van der Waals surface area contributed by atoms with Crippen LogP contribution in [-0.4, -0.2) is 30.6 Å². The van der Waals surface area contributed by atoms with Crippen LogP contribution in [0, 0.1) is 11.8 Å². The maximum Gasteiger partial charge on any atom is 0.0122 e. The molecule has 0 aliphatic carbocycles. The molecule has 1 saturated heterocycles. The average molecular weight is 170 g/mol. The number of rotatable bonds is 3. The summed E-state index contributed by atoms with van der Waals surface area (Å²) in [4.78, 5) is 2.55. The molecule has 1 aliphatic rings. The van der Waals surface area contributed by atoms with Gasteiger partial charge in [-0.05, 0) is 18.3 Å². The smallest absolute Gasteiger partial charge is 0.0122 e. The fraction of sp³-hybridized carbons (Fsp3) is 1.00. The summed E-state index contributed by atoms with van der Waals surface area (Å²) in [5.41, 5.74) is 5.57. The number of hydrogen-bond acceptors (Lipinski definition) is 2. The fourth-order valence-corrected chi connectivity index (χ4v) is 2.29. The second-order valence-corrected chi connectivity index (χ2v) is 4.44. The van der Waals surface area contributed by atoms with Crippen molar-refractivity contribution in [1.82, 2.24) is 4.90 Å². The van der Waals surface area contributed by atoms with Crippen molar-refractivity contribution in [3.05, 3.63) is 0 Å². The summed E-state index contributed by atoms with van der Waals surface area (Å²) in [6.45, 7) is 10.1. The van der Waals surface area contributed by atoms with Gasteiger partial charge >= 0.3 is 0 Å². The zero-order chi connectivity index (χ0) is 9.14. The zero-order valence-electron chi connectivity index (χ0n) is 8.59. The fourth-order valence-electron chi connectivity index (χ4n) is 2.29. The molecule has 72 valence electrons. The minimum Gasteiger partial charge on any atom is -0.329 e. The van der Waals surface area contributed by atoms with Crippen molar-refractivity contribution in [2.24, 2.45) is 17.6 Å². The molecule has 1 aliphatic heterocycles. The molecule has 0 aromatic carbocycles. The minimum absolute atomic E-state index is 0.779. The SMILES string of the molecule is CC1C[C@@H](C(C)C)N(CCN)C1. The largest absolute Gasteiger partial charge is 0.329 e. The van der Waals surface area contributed by atoms with E-state index >= 15 is 0 Å². The lowest BCUT2D eigenvalue weighted by Crippen LogP contribution is -2.37. The van der Waals surface area contributed by atoms with Crippen LogP contribution in [0.3, 0.4) is 0 Å². The monoisotopic (exact) mass is 170 g/mol. The number of hydrogen-bond donors (Lipinski definition) is 1. The van der Waals surface area contributed by atoms with Crippen molar-refractivity contribution in [2.75, 3.05) is 19.6 Å². The molecular weight excluding hydrogens is 148 g/mol. The van der Waals surface area contributed by atoms with Gasteiger partial charge in [0.2, 0.25) is 0 Å². The highest BCUT2D eigenvalue weighted by atomic mass is 15.2. The van der Waals surface area contributed by atoms with E-state index in [2.05, 4.69) is 25.7 Å². The third kappa shape index (κ3) is 2.20. The second-order valence-electron chi connectivity index (χ2n) is 4.44. The molecule has 2 atom stereocenters. The summed E-state index contributed by atoms with van der Waals surface area (Å²) < 4.78 is 0. The molecule has 1 fully saturated rings. The quantitative estimate of drug-likeness (QED) is 0.692. The highest BCUT2D eigenvalue weighted by Gasteiger charge is 2.30. The van der Waals surface area contributed by atoms with Crippen molar-refractivity contribution in [3.8, 4) is 0 Å². The van der Waals surface area contributed by atoms with E-state index in [4.69, 9.17) is 5.73 Å². The first-order valence-electron chi connectivity index (χ1n) is 5.09. The summed E-state index contributed by atoms with van der Waals surface area (Å²) in [7, 11) is 0. The lowest BCUT2D eigenvalue weighted by Gasteiger charge is -2.26. The maximum absolute atomic E-state index is 5.57. The van der Waals surface area contributed by atoms with Crippen LogP contribution in [0.15, 0.2) is 0 Å². The first-order chi connectivity index (χ1) is 5.65. The Morgan fingerprint density at radius 1 is 1.50 bits per heavy atom. The van der Waals surface area contributed by atoms with Gasteiger partial charge in [0.1, 0.15) is 0 Å². The Hall–Kier alpha value is -0.0800. The Balaban J connectivity index is 2.47. The van der Waals surface area contributed by atoms with Crippen molar-refractivity contribution in [3.63, 3.8) is 0 Å². The van der Waals surface area contributed by atoms with E-state index in [1.165, 1.54) is 13.0 Å². The molecule has 1 heterocycles. The van der Waals surface area contributed by atoms with Gasteiger partial charge in [-0.15, -0.1) is 0 Å². The molecule has 0 spiro atoms. The third-order valence-electron chi connectivity index (χ3n) is 2.84. The Morgan fingerprint density at radius 3 is 2.67 bits per heavy atom. The van der Waals surface area contributed by atoms with Crippen molar-refractivity contribution >= 4 is 0 Å². The predicted octanol–water partition coefficient (Wildman–Crippen LogP) is 1.31. The lowest BCUT2D eigenvalue weighted by atomic mass is 9.98. The molecule has 0 saturated carbocycles. The Labute approximate surface area is 76.1 Å². The highest BCUT2D eigenvalue weighted by molar-refractivity contribution is 4.85. The summed E-state index contributed by atoms with van der Waals surface area (Å²) in [5.74, 6) is 1.64. The van der Waals surface area contributed by atoms with Crippen LogP contribution in [0.5, 0.6) is 0 Å². The van der Waals surface area contributed by atoms with E-state index < -0.39 is 0 Å². The molecule has 0 aromatic rings.